The third-order valence-corrected chi connectivity index (χ3v) is 6.91. The van der Waals surface area contributed by atoms with E-state index < -0.39 is 9.84 Å². The summed E-state index contributed by atoms with van der Waals surface area (Å²) in [6.07, 6.45) is 4.98. The van der Waals surface area contributed by atoms with Gasteiger partial charge < -0.3 is 10.2 Å². The zero-order valence-corrected chi connectivity index (χ0v) is 14.8. The molecule has 0 bridgehead atoms. The summed E-state index contributed by atoms with van der Waals surface area (Å²) in [6.45, 7) is 1.22. The molecule has 132 valence electrons. The molecule has 1 heterocycles. The third-order valence-electron chi connectivity index (χ3n) is 5.30. The van der Waals surface area contributed by atoms with Gasteiger partial charge in [0, 0.05) is 25.6 Å². The largest absolute Gasteiger partial charge is 0.337 e. The summed E-state index contributed by atoms with van der Waals surface area (Å²) in [7, 11) is -2.96. The number of carbonyl (C=O) groups is 1. The number of rotatable bonds is 4. The predicted molar refractivity (Wildman–Crippen MR) is 94.8 cm³/mol. The predicted octanol–water partition coefficient (Wildman–Crippen LogP) is 2.40. The molecule has 0 unspecified atom stereocenters. The summed E-state index contributed by atoms with van der Waals surface area (Å²) in [5.41, 5.74) is 1.28. The lowest BCUT2D eigenvalue weighted by Gasteiger charge is -2.29. The minimum atomic E-state index is -2.96. The number of carbonyl (C=O) groups excluding carboxylic acids is 1. The Morgan fingerprint density at radius 3 is 2.38 bits per heavy atom. The van der Waals surface area contributed by atoms with Crippen LogP contribution in [0, 0.1) is 5.92 Å². The first-order valence-corrected chi connectivity index (χ1v) is 10.7. The highest BCUT2D eigenvalue weighted by Crippen LogP contribution is 2.36. The second-order valence-corrected chi connectivity index (χ2v) is 9.19. The van der Waals surface area contributed by atoms with Crippen LogP contribution in [0.3, 0.4) is 0 Å². The molecule has 0 radical (unpaired) electrons. The van der Waals surface area contributed by atoms with E-state index in [-0.39, 0.29) is 17.5 Å². The van der Waals surface area contributed by atoms with Gasteiger partial charge in [0.1, 0.15) is 0 Å². The molecule has 2 aliphatic rings. The average Bonchev–Trinajstić information content (AvgIpc) is 3.10. The normalized spacial score (nSPS) is 22.2. The molecule has 5 nitrogen and oxygen atoms in total. The van der Waals surface area contributed by atoms with Crippen LogP contribution >= 0.6 is 0 Å². The van der Waals surface area contributed by atoms with Gasteiger partial charge in [-0.2, -0.15) is 0 Å². The van der Waals surface area contributed by atoms with E-state index >= 15 is 0 Å². The van der Waals surface area contributed by atoms with Gasteiger partial charge in [0.05, 0.1) is 11.5 Å². The van der Waals surface area contributed by atoms with Crippen molar-refractivity contribution in [1.29, 1.82) is 0 Å². The van der Waals surface area contributed by atoms with Crippen LogP contribution in [-0.2, 0) is 9.84 Å². The Bertz CT molecular complexity index is 640. The maximum absolute atomic E-state index is 12.4. The number of hydrogen-bond acceptors (Lipinski definition) is 3. The van der Waals surface area contributed by atoms with E-state index in [1.165, 1.54) is 31.2 Å². The smallest absolute Gasteiger partial charge is 0.317 e. The van der Waals surface area contributed by atoms with Gasteiger partial charge in [0.15, 0.2) is 9.84 Å². The Labute approximate surface area is 144 Å². The van der Waals surface area contributed by atoms with Gasteiger partial charge in [-0.3, -0.25) is 0 Å². The molecule has 1 saturated heterocycles. The average molecular weight is 350 g/mol. The number of benzene rings is 1. The molecule has 1 saturated carbocycles. The van der Waals surface area contributed by atoms with Crippen LogP contribution in [0.1, 0.15) is 37.2 Å². The Kier molecular flexibility index (Phi) is 5.43. The fourth-order valence-electron chi connectivity index (χ4n) is 3.84. The van der Waals surface area contributed by atoms with Crippen LogP contribution in [0.15, 0.2) is 30.3 Å². The molecule has 2 amide bonds. The van der Waals surface area contributed by atoms with Crippen molar-refractivity contribution in [2.75, 3.05) is 31.1 Å². The Morgan fingerprint density at radius 2 is 1.75 bits per heavy atom. The number of sulfone groups is 1. The van der Waals surface area contributed by atoms with Gasteiger partial charge in [-0.1, -0.05) is 43.2 Å². The van der Waals surface area contributed by atoms with E-state index in [1.54, 1.807) is 4.90 Å². The first-order valence-electron chi connectivity index (χ1n) is 8.83. The number of nitrogens with one attached hydrogen (secondary N) is 1. The lowest BCUT2D eigenvalue weighted by atomic mass is 9.85. The van der Waals surface area contributed by atoms with Gasteiger partial charge in [-0.05, 0) is 24.3 Å². The molecule has 1 atom stereocenters. The highest BCUT2D eigenvalue weighted by atomic mass is 32.2. The lowest BCUT2D eigenvalue weighted by Crippen LogP contribution is -2.49. The standard InChI is InChI=1S/C18H26N2O3S/c21-18(20-10-12-24(22,23)13-11-20)19-14-17(16-8-4-5-9-16)15-6-2-1-3-7-15/h1-3,6-7,16-17H,4-5,8-14H2,(H,19,21)/t17-/m1/s1. The quantitative estimate of drug-likeness (QED) is 0.907. The molecule has 0 spiro atoms. The van der Waals surface area contributed by atoms with E-state index in [1.807, 2.05) is 6.07 Å². The van der Waals surface area contributed by atoms with Crippen molar-refractivity contribution in [2.45, 2.75) is 31.6 Å². The molecule has 2 fully saturated rings. The molecule has 1 aliphatic heterocycles. The van der Waals surface area contributed by atoms with Crippen LogP contribution in [0.5, 0.6) is 0 Å². The van der Waals surface area contributed by atoms with Crippen molar-refractivity contribution in [2.24, 2.45) is 5.92 Å². The zero-order chi connectivity index (χ0) is 17.0. The van der Waals surface area contributed by atoms with Crippen molar-refractivity contribution in [3.8, 4) is 0 Å². The summed E-state index contributed by atoms with van der Waals surface area (Å²) in [5.74, 6) is 1.11. The number of amides is 2. The summed E-state index contributed by atoms with van der Waals surface area (Å²) >= 11 is 0. The van der Waals surface area contributed by atoms with Crippen molar-refractivity contribution in [3.63, 3.8) is 0 Å². The molecular formula is C18H26N2O3S. The minimum Gasteiger partial charge on any atom is -0.337 e. The summed E-state index contributed by atoms with van der Waals surface area (Å²) in [5, 5.41) is 3.05. The van der Waals surface area contributed by atoms with E-state index in [4.69, 9.17) is 0 Å². The van der Waals surface area contributed by atoms with E-state index in [9.17, 15) is 13.2 Å². The van der Waals surface area contributed by atoms with Gasteiger partial charge >= 0.3 is 6.03 Å². The van der Waals surface area contributed by atoms with Crippen LogP contribution in [0.2, 0.25) is 0 Å². The van der Waals surface area contributed by atoms with Crippen molar-refractivity contribution < 1.29 is 13.2 Å². The van der Waals surface area contributed by atoms with E-state index in [0.717, 1.165) is 0 Å². The zero-order valence-electron chi connectivity index (χ0n) is 14.0. The highest BCUT2D eigenvalue weighted by Gasteiger charge is 2.29. The first-order chi connectivity index (χ1) is 11.6. The Morgan fingerprint density at radius 1 is 1.12 bits per heavy atom. The first kappa shape index (κ1) is 17.3. The molecule has 1 aromatic carbocycles. The van der Waals surface area contributed by atoms with Gasteiger partial charge in [0.2, 0.25) is 0 Å². The summed E-state index contributed by atoms with van der Waals surface area (Å²) < 4.78 is 23.0. The Balaban J connectivity index is 1.60. The monoisotopic (exact) mass is 350 g/mol. The SMILES string of the molecule is O=C(NC[C@H](c1ccccc1)C1CCCC1)N1CCS(=O)(=O)CC1. The second kappa shape index (κ2) is 7.55. The fraction of sp³-hybridized carbons (Fsp3) is 0.611. The van der Waals surface area contributed by atoms with Crippen LogP contribution in [-0.4, -0.2) is 50.5 Å². The fourth-order valence-corrected chi connectivity index (χ4v) is 5.04. The number of urea groups is 1. The molecule has 24 heavy (non-hydrogen) atoms. The molecule has 6 heteroatoms. The van der Waals surface area contributed by atoms with Crippen molar-refractivity contribution in [3.05, 3.63) is 35.9 Å². The topological polar surface area (TPSA) is 66.5 Å². The Hall–Kier alpha value is -1.56. The van der Waals surface area contributed by atoms with E-state index in [0.29, 0.717) is 31.5 Å². The molecule has 1 N–H and O–H groups in total. The third kappa shape index (κ3) is 4.29. The number of nitrogens with zero attached hydrogens (tertiary/aromatic N) is 1. The van der Waals surface area contributed by atoms with E-state index in [2.05, 4.69) is 29.6 Å². The molecule has 1 aliphatic carbocycles. The van der Waals surface area contributed by atoms with Crippen LogP contribution in [0.25, 0.3) is 0 Å². The summed E-state index contributed by atoms with van der Waals surface area (Å²) in [4.78, 5) is 14.0. The highest BCUT2D eigenvalue weighted by molar-refractivity contribution is 7.91. The molecular weight excluding hydrogens is 324 g/mol. The molecule has 1 aromatic rings. The maximum Gasteiger partial charge on any atom is 0.317 e. The van der Waals surface area contributed by atoms with Crippen LogP contribution in [0.4, 0.5) is 4.79 Å². The van der Waals surface area contributed by atoms with Gasteiger partial charge in [0.25, 0.3) is 0 Å². The number of hydrogen-bond donors (Lipinski definition) is 1. The van der Waals surface area contributed by atoms with Crippen molar-refractivity contribution >= 4 is 15.9 Å². The van der Waals surface area contributed by atoms with Crippen molar-refractivity contribution in [1.82, 2.24) is 10.2 Å². The lowest BCUT2D eigenvalue weighted by molar-refractivity contribution is 0.200. The molecule has 0 aromatic heterocycles. The van der Waals surface area contributed by atoms with Gasteiger partial charge in [-0.15, -0.1) is 0 Å². The molecule has 3 rings (SSSR count). The van der Waals surface area contributed by atoms with Gasteiger partial charge in [-0.25, -0.2) is 13.2 Å². The minimum absolute atomic E-state index is 0.0746. The van der Waals surface area contributed by atoms with Crippen LogP contribution < -0.4 is 5.32 Å². The summed E-state index contributed by atoms with van der Waals surface area (Å²) in [6, 6.07) is 10.3. The second-order valence-electron chi connectivity index (χ2n) is 6.89. The maximum atomic E-state index is 12.4.